The van der Waals surface area contributed by atoms with Crippen molar-refractivity contribution < 1.29 is 19.4 Å². The standard InChI is InChI=1S/C26H27BrN4O4S/c1-26(2,3)22(31-25(33)34)17(13-14-7-5-4-6-8-14)35-19-18(27)20(36-21(19)23(28)32)15-9-11-29-24-16(15)10-12-30-24/h4-12,17,22,31H,13H2,1-3H3,(H2,28,32)(H,29,30)(H,33,34). The molecule has 0 bridgehead atoms. The summed E-state index contributed by atoms with van der Waals surface area (Å²) in [5.41, 5.74) is 7.85. The first-order valence-electron chi connectivity index (χ1n) is 11.3. The summed E-state index contributed by atoms with van der Waals surface area (Å²) in [5.74, 6) is -0.330. The van der Waals surface area contributed by atoms with E-state index < -0.39 is 29.6 Å². The van der Waals surface area contributed by atoms with Crippen molar-refractivity contribution in [3.05, 3.63) is 69.8 Å². The quantitative estimate of drug-likeness (QED) is 0.212. The summed E-state index contributed by atoms with van der Waals surface area (Å²) in [4.78, 5) is 32.7. The Hall–Kier alpha value is -3.37. The predicted molar refractivity (Wildman–Crippen MR) is 145 cm³/mol. The summed E-state index contributed by atoms with van der Waals surface area (Å²) in [6.45, 7) is 5.83. The molecule has 4 rings (SSSR count). The van der Waals surface area contributed by atoms with E-state index in [0.717, 1.165) is 27.0 Å². The van der Waals surface area contributed by atoms with E-state index in [4.69, 9.17) is 10.5 Å². The van der Waals surface area contributed by atoms with Gasteiger partial charge < -0.3 is 25.9 Å². The molecule has 0 aliphatic rings. The highest BCUT2D eigenvalue weighted by atomic mass is 79.9. The molecule has 0 saturated heterocycles. The third-order valence-corrected chi connectivity index (χ3v) is 8.11. The Kier molecular flexibility index (Phi) is 7.37. The van der Waals surface area contributed by atoms with Crippen LogP contribution in [0.15, 0.2) is 59.3 Å². The van der Waals surface area contributed by atoms with Gasteiger partial charge in [-0.1, -0.05) is 51.1 Å². The molecule has 8 nitrogen and oxygen atoms in total. The average molecular weight is 571 g/mol. The molecule has 1 aromatic carbocycles. The van der Waals surface area contributed by atoms with Crippen LogP contribution in [0.25, 0.3) is 21.5 Å². The number of nitrogens with one attached hydrogen (secondary N) is 2. The van der Waals surface area contributed by atoms with Crippen LogP contribution in [0.2, 0.25) is 0 Å². The van der Waals surface area contributed by atoms with Gasteiger partial charge in [-0.25, -0.2) is 9.78 Å². The molecule has 3 aromatic heterocycles. The van der Waals surface area contributed by atoms with Crippen LogP contribution in [-0.2, 0) is 6.42 Å². The number of primary amides is 1. The van der Waals surface area contributed by atoms with Crippen LogP contribution in [0.3, 0.4) is 0 Å². The van der Waals surface area contributed by atoms with Crippen LogP contribution in [0.5, 0.6) is 5.75 Å². The molecule has 0 aliphatic carbocycles. The zero-order valence-electron chi connectivity index (χ0n) is 20.0. The summed E-state index contributed by atoms with van der Waals surface area (Å²) < 4.78 is 7.12. The lowest BCUT2D eigenvalue weighted by Crippen LogP contribution is -2.53. The number of carbonyl (C=O) groups excluding carboxylic acids is 1. The van der Waals surface area contributed by atoms with Crippen LogP contribution >= 0.6 is 27.3 Å². The summed E-state index contributed by atoms with van der Waals surface area (Å²) >= 11 is 4.88. The maximum Gasteiger partial charge on any atom is 0.405 e. The molecule has 188 valence electrons. The molecule has 0 saturated carbocycles. The third-order valence-electron chi connectivity index (χ3n) is 5.87. The van der Waals surface area contributed by atoms with Crippen molar-refractivity contribution in [2.75, 3.05) is 0 Å². The van der Waals surface area contributed by atoms with Crippen LogP contribution in [0, 0.1) is 5.41 Å². The molecule has 4 aromatic rings. The molecule has 2 unspecified atom stereocenters. The fourth-order valence-corrected chi connectivity index (χ4v) is 6.12. The number of carboxylic acid groups (broad SMARTS) is 1. The van der Waals surface area contributed by atoms with Gasteiger partial charge in [-0.3, -0.25) is 4.79 Å². The lowest BCUT2D eigenvalue weighted by Gasteiger charge is -2.37. The zero-order valence-corrected chi connectivity index (χ0v) is 22.4. The predicted octanol–water partition coefficient (Wildman–Crippen LogP) is 5.83. The Balaban J connectivity index is 1.83. The minimum atomic E-state index is -1.15. The maximum atomic E-state index is 12.5. The monoisotopic (exact) mass is 570 g/mol. The van der Waals surface area contributed by atoms with E-state index in [2.05, 4.69) is 31.2 Å². The van der Waals surface area contributed by atoms with Crippen LogP contribution in [-0.4, -0.2) is 39.2 Å². The van der Waals surface area contributed by atoms with Gasteiger partial charge in [-0.2, -0.15) is 0 Å². The number of aromatic nitrogens is 2. The van der Waals surface area contributed by atoms with E-state index in [9.17, 15) is 14.7 Å². The van der Waals surface area contributed by atoms with E-state index in [1.165, 1.54) is 11.3 Å². The molecule has 3 heterocycles. The number of hydrogen-bond acceptors (Lipinski definition) is 5. The Morgan fingerprint density at radius 3 is 2.58 bits per heavy atom. The van der Waals surface area contributed by atoms with Gasteiger partial charge in [0.25, 0.3) is 5.91 Å². The second-order valence-electron chi connectivity index (χ2n) is 9.51. The minimum absolute atomic E-state index is 0.249. The van der Waals surface area contributed by atoms with Crippen molar-refractivity contribution >= 4 is 50.3 Å². The number of H-pyrrole nitrogens is 1. The Bertz CT molecular complexity index is 1390. The van der Waals surface area contributed by atoms with Crippen molar-refractivity contribution in [1.82, 2.24) is 15.3 Å². The Labute approximate surface area is 221 Å². The number of nitrogens with zero attached hydrogens (tertiary/aromatic N) is 1. The molecule has 0 spiro atoms. The first kappa shape index (κ1) is 25.7. The van der Waals surface area contributed by atoms with Gasteiger partial charge in [0.2, 0.25) is 0 Å². The van der Waals surface area contributed by atoms with Crippen LogP contribution in [0.1, 0.15) is 36.0 Å². The summed E-state index contributed by atoms with van der Waals surface area (Å²) in [6, 6.07) is 12.9. The number of ether oxygens (including phenoxy) is 1. The van der Waals surface area contributed by atoms with Crippen molar-refractivity contribution in [3.63, 3.8) is 0 Å². The topological polar surface area (TPSA) is 130 Å². The molecule has 10 heteroatoms. The van der Waals surface area contributed by atoms with Gasteiger partial charge in [0.05, 0.1) is 15.4 Å². The van der Waals surface area contributed by atoms with Crippen molar-refractivity contribution in [1.29, 1.82) is 0 Å². The number of pyridine rings is 1. The van der Waals surface area contributed by atoms with E-state index in [1.807, 2.05) is 63.2 Å². The van der Waals surface area contributed by atoms with E-state index in [-0.39, 0.29) is 4.88 Å². The minimum Gasteiger partial charge on any atom is -0.485 e. The second kappa shape index (κ2) is 10.3. The Morgan fingerprint density at radius 1 is 1.22 bits per heavy atom. The molecule has 0 aliphatic heterocycles. The molecule has 2 atom stereocenters. The molecule has 36 heavy (non-hydrogen) atoms. The van der Waals surface area contributed by atoms with Gasteiger partial charge in [-0.15, -0.1) is 11.3 Å². The smallest absolute Gasteiger partial charge is 0.405 e. The third kappa shape index (κ3) is 5.39. The van der Waals surface area contributed by atoms with E-state index >= 15 is 0 Å². The molecule has 5 N–H and O–H groups in total. The van der Waals surface area contributed by atoms with E-state index in [1.54, 1.807) is 12.4 Å². The highest BCUT2D eigenvalue weighted by molar-refractivity contribution is 9.10. The normalized spacial score (nSPS) is 13.3. The number of rotatable bonds is 8. The molecule has 2 amide bonds. The summed E-state index contributed by atoms with van der Waals surface area (Å²) in [7, 11) is 0. The van der Waals surface area contributed by atoms with Gasteiger partial charge in [0.15, 0.2) is 5.75 Å². The number of halogens is 1. The molecular weight excluding hydrogens is 544 g/mol. The number of carbonyl (C=O) groups is 2. The first-order chi connectivity index (χ1) is 17.1. The fourth-order valence-electron chi connectivity index (χ4n) is 4.22. The number of nitrogens with two attached hydrogens (primary N) is 1. The molecular formula is C26H27BrN4O4S. The van der Waals surface area contributed by atoms with Gasteiger partial charge >= 0.3 is 6.09 Å². The lowest BCUT2D eigenvalue weighted by atomic mass is 9.81. The van der Waals surface area contributed by atoms with Crippen molar-refractivity contribution in [3.8, 4) is 16.2 Å². The maximum absolute atomic E-state index is 12.5. The number of amides is 2. The highest BCUT2D eigenvalue weighted by Crippen LogP contribution is 2.47. The Morgan fingerprint density at radius 2 is 1.94 bits per heavy atom. The van der Waals surface area contributed by atoms with Gasteiger partial charge in [-0.05, 0) is 39.0 Å². The zero-order chi connectivity index (χ0) is 26.0. The first-order valence-corrected chi connectivity index (χ1v) is 12.9. The van der Waals surface area contributed by atoms with Crippen LogP contribution < -0.4 is 15.8 Å². The molecule has 0 radical (unpaired) electrons. The summed E-state index contributed by atoms with van der Waals surface area (Å²) in [5, 5.41) is 13.1. The summed E-state index contributed by atoms with van der Waals surface area (Å²) in [6.07, 6.45) is 2.12. The molecule has 0 fully saturated rings. The van der Waals surface area contributed by atoms with Gasteiger partial charge in [0.1, 0.15) is 16.6 Å². The lowest BCUT2D eigenvalue weighted by molar-refractivity contribution is 0.0837. The number of fused-ring (bicyclic) bond motifs is 1. The van der Waals surface area contributed by atoms with Crippen molar-refractivity contribution in [2.45, 2.75) is 39.3 Å². The van der Waals surface area contributed by atoms with Crippen LogP contribution in [0.4, 0.5) is 4.79 Å². The number of thiophene rings is 1. The number of aromatic amines is 1. The number of benzene rings is 1. The highest BCUT2D eigenvalue weighted by Gasteiger charge is 2.37. The second-order valence-corrected chi connectivity index (χ2v) is 11.3. The van der Waals surface area contributed by atoms with E-state index in [0.29, 0.717) is 16.6 Å². The average Bonchev–Trinajstić information content (AvgIpc) is 3.42. The fraction of sp³-hybridized carbons (Fsp3) is 0.269. The number of hydrogen-bond donors (Lipinski definition) is 4. The van der Waals surface area contributed by atoms with Gasteiger partial charge in [0, 0.05) is 29.8 Å². The largest absolute Gasteiger partial charge is 0.485 e. The SMILES string of the molecule is CC(C)(C)C(NC(=O)O)C(Cc1ccccc1)Oc1c(C(N)=O)sc(-c2ccnc3[nH]ccc23)c1Br. The van der Waals surface area contributed by atoms with Crippen molar-refractivity contribution in [2.24, 2.45) is 11.1 Å².